The summed E-state index contributed by atoms with van der Waals surface area (Å²) in [6.07, 6.45) is 11.8. The quantitative estimate of drug-likeness (QED) is 0.738. The van der Waals surface area contributed by atoms with E-state index in [0.29, 0.717) is 6.54 Å². The molecule has 0 saturated carbocycles. The molecular weight excluding hydrogens is 384 g/mol. The molecule has 1 fully saturated rings. The topological polar surface area (TPSA) is 67.2 Å². The maximum absolute atomic E-state index is 12.9. The first-order valence-corrected chi connectivity index (χ1v) is 11.7. The third-order valence-corrected chi connectivity index (χ3v) is 7.21. The van der Waals surface area contributed by atoms with Crippen molar-refractivity contribution >= 4 is 23.2 Å². The van der Waals surface area contributed by atoms with E-state index in [9.17, 15) is 9.59 Å². The molecule has 2 aromatic heterocycles. The first kappa shape index (κ1) is 20.1. The average molecular weight is 415 g/mol. The van der Waals surface area contributed by atoms with Gasteiger partial charge in [-0.15, -0.1) is 11.3 Å². The van der Waals surface area contributed by atoms with Gasteiger partial charge in [0.1, 0.15) is 0 Å². The number of nitrogens with one attached hydrogen (secondary N) is 1. The number of carbonyl (C=O) groups excluding carboxylic acids is 2. The van der Waals surface area contributed by atoms with Crippen molar-refractivity contribution < 1.29 is 9.59 Å². The molecule has 2 aliphatic rings. The van der Waals surface area contributed by atoms with Crippen molar-refractivity contribution in [3.05, 3.63) is 39.8 Å². The van der Waals surface area contributed by atoms with Crippen LogP contribution in [0.2, 0.25) is 0 Å². The van der Waals surface area contributed by atoms with Gasteiger partial charge in [0.05, 0.1) is 4.88 Å². The lowest BCUT2D eigenvalue weighted by atomic mass is 9.87. The highest BCUT2D eigenvalue weighted by molar-refractivity contribution is 7.14. The first-order valence-electron chi connectivity index (χ1n) is 10.9. The van der Waals surface area contributed by atoms with Crippen molar-refractivity contribution in [3.63, 3.8) is 0 Å². The third-order valence-electron chi connectivity index (χ3n) is 5.98. The molecule has 1 saturated heterocycles. The number of rotatable bonds is 6. The normalized spacial score (nSPS) is 19.4. The Morgan fingerprint density at radius 2 is 2.03 bits per heavy atom. The number of fused-ring (bicyclic) bond motifs is 1. The van der Waals surface area contributed by atoms with Crippen molar-refractivity contribution in [3.8, 4) is 0 Å². The number of hydrogen-bond donors (Lipinski definition) is 1. The molecule has 4 rings (SSSR count). The summed E-state index contributed by atoms with van der Waals surface area (Å²) in [6, 6.07) is 3.97. The minimum absolute atomic E-state index is 0.0166. The summed E-state index contributed by atoms with van der Waals surface area (Å²) < 4.78 is 1.88. The molecule has 2 aromatic rings. The SMILES string of the molecule is O=C(NCCCn1cccn1)C1CCc2sc(C(=O)N3CCCCCC3)cc2C1. The van der Waals surface area contributed by atoms with Gasteiger partial charge in [-0.2, -0.15) is 5.10 Å². The minimum atomic E-state index is 0.0166. The molecular formula is C22H30N4O2S. The summed E-state index contributed by atoms with van der Waals surface area (Å²) in [5.41, 5.74) is 1.20. The van der Waals surface area contributed by atoms with Crippen LogP contribution < -0.4 is 5.32 Å². The zero-order valence-corrected chi connectivity index (χ0v) is 17.8. The lowest BCUT2D eigenvalue weighted by Crippen LogP contribution is -2.34. The monoisotopic (exact) mass is 414 g/mol. The smallest absolute Gasteiger partial charge is 0.263 e. The van der Waals surface area contributed by atoms with E-state index in [2.05, 4.69) is 16.5 Å². The second-order valence-corrected chi connectivity index (χ2v) is 9.26. The summed E-state index contributed by atoms with van der Waals surface area (Å²) in [6.45, 7) is 3.24. The van der Waals surface area contributed by atoms with E-state index >= 15 is 0 Å². The summed E-state index contributed by atoms with van der Waals surface area (Å²) >= 11 is 1.64. The Morgan fingerprint density at radius 1 is 1.21 bits per heavy atom. The fourth-order valence-electron chi connectivity index (χ4n) is 4.31. The Morgan fingerprint density at radius 3 is 2.79 bits per heavy atom. The van der Waals surface area contributed by atoms with Crippen LogP contribution in [-0.2, 0) is 24.2 Å². The fourth-order valence-corrected chi connectivity index (χ4v) is 5.49. The van der Waals surface area contributed by atoms with E-state index in [1.54, 1.807) is 17.5 Å². The lowest BCUT2D eigenvalue weighted by molar-refractivity contribution is -0.125. The number of carbonyl (C=O) groups is 2. The number of likely N-dealkylation sites (tertiary alicyclic amines) is 1. The number of thiophene rings is 1. The van der Waals surface area contributed by atoms with Crippen LogP contribution in [0.5, 0.6) is 0 Å². The molecule has 6 nitrogen and oxygen atoms in total. The van der Waals surface area contributed by atoms with Crippen LogP contribution in [0.4, 0.5) is 0 Å². The molecule has 0 radical (unpaired) electrons. The predicted molar refractivity (Wildman–Crippen MR) is 114 cm³/mol. The zero-order valence-electron chi connectivity index (χ0n) is 16.9. The molecule has 3 heterocycles. The van der Waals surface area contributed by atoms with E-state index in [-0.39, 0.29) is 17.7 Å². The van der Waals surface area contributed by atoms with Crippen LogP contribution >= 0.6 is 11.3 Å². The predicted octanol–water partition coefficient (Wildman–Crippen LogP) is 3.27. The van der Waals surface area contributed by atoms with E-state index in [4.69, 9.17) is 0 Å². The van der Waals surface area contributed by atoms with Crippen molar-refractivity contribution in [1.29, 1.82) is 0 Å². The highest BCUT2D eigenvalue weighted by atomic mass is 32.1. The van der Waals surface area contributed by atoms with Gasteiger partial charge in [0.25, 0.3) is 5.91 Å². The maximum atomic E-state index is 12.9. The van der Waals surface area contributed by atoms with Crippen LogP contribution in [0.25, 0.3) is 0 Å². The fraction of sp³-hybridized carbons (Fsp3) is 0.591. The summed E-state index contributed by atoms with van der Waals surface area (Å²) in [7, 11) is 0. The van der Waals surface area contributed by atoms with Gasteiger partial charge in [0.15, 0.2) is 0 Å². The Kier molecular flexibility index (Phi) is 6.64. The van der Waals surface area contributed by atoms with Gasteiger partial charge >= 0.3 is 0 Å². The van der Waals surface area contributed by atoms with Gasteiger partial charge in [-0.1, -0.05) is 12.8 Å². The van der Waals surface area contributed by atoms with Gasteiger partial charge in [-0.3, -0.25) is 14.3 Å². The van der Waals surface area contributed by atoms with E-state index in [1.165, 1.54) is 23.3 Å². The van der Waals surface area contributed by atoms with Crippen LogP contribution in [0.15, 0.2) is 24.5 Å². The van der Waals surface area contributed by atoms with E-state index < -0.39 is 0 Å². The van der Waals surface area contributed by atoms with Gasteiger partial charge < -0.3 is 10.2 Å². The summed E-state index contributed by atoms with van der Waals surface area (Å²) in [5, 5.41) is 7.26. The zero-order chi connectivity index (χ0) is 20.1. The van der Waals surface area contributed by atoms with Crippen LogP contribution in [0.1, 0.15) is 58.6 Å². The molecule has 29 heavy (non-hydrogen) atoms. The van der Waals surface area contributed by atoms with Crippen molar-refractivity contribution in [2.45, 2.75) is 57.9 Å². The molecule has 1 atom stereocenters. The lowest BCUT2D eigenvalue weighted by Gasteiger charge is -2.21. The Balaban J connectivity index is 1.29. The molecule has 2 amide bonds. The maximum Gasteiger partial charge on any atom is 0.263 e. The van der Waals surface area contributed by atoms with Gasteiger partial charge in [-0.05, 0) is 56.2 Å². The van der Waals surface area contributed by atoms with Crippen LogP contribution in [0.3, 0.4) is 0 Å². The molecule has 1 N–H and O–H groups in total. The van der Waals surface area contributed by atoms with Crippen molar-refractivity contribution in [1.82, 2.24) is 20.0 Å². The number of hydrogen-bond acceptors (Lipinski definition) is 4. The summed E-state index contributed by atoms with van der Waals surface area (Å²) in [5.74, 6) is 0.344. The number of aromatic nitrogens is 2. The van der Waals surface area contributed by atoms with Crippen molar-refractivity contribution in [2.24, 2.45) is 5.92 Å². The van der Waals surface area contributed by atoms with E-state index in [0.717, 1.165) is 63.0 Å². The Bertz CT molecular complexity index is 822. The van der Waals surface area contributed by atoms with Crippen LogP contribution in [0, 0.1) is 5.92 Å². The number of aryl methyl sites for hydroxylation is 2. The number of amides is 2. The second-order valence-electron chi connectivity index (χ2n) is 8.12. The number of nitrogens with zero attached hydrogens (tertiary/aromatic N) is 3. The molecule has 0 bridgehead atoms. The molecule has 0 spiro atoms. The largest absolute Gasteiger partial charge is 0.356 e. The minimum Gasteiger partial charge on any atom is -0.356 e. The van der Waals surface area contributed by atoms with Crippen molar-refractivity contribution in [2.75, 3.05) is 19.6 Å². The molecule has 1 aliphatic carbocycles. The standard InChI is InChI=1S/C22H30N4O2S/c27-21(23-9-5-13-26-14-6-10-24-26)17-7-8-19-18(15-17)16-20(29-19)22(28)25-11-3-1-2-4-12-25/h6,10,14,16-17H,1-5,7-9,11-13,15H2,(H,23,27). The molecule has 156 valence electrons. The van der Waals surface area contributed by atoms with Crippen LogP contribution in [-0.4, -0.2) is 46.1 Å². The van der Waals surface area contributed by atoms with E-state index in [1.807, 2.05) is 21.8 Å². The molecule has 0 aromatic carbocycles. The molecule has 7 heteroatoms. The Labute approximate surface area is 176 Å². The summed E-state index contributed by atoms with van der Waals surface area (Å²) in [4.78, 5) is 29.7. The average Bonchev–Trinajstić information content (AvgIpc) is 3.33. The Hall–Kier alpha value is -2.15. The van der Waals surface area contributed by atoms with Gasteiger partial charge in [0.2, 0.25) is 5.91 Å². The van der Waals surface area contributed by atoms with Gasteiger partial charge in [0, 0.05) is 49.4 Å². The highest BCUT2D eigenvalue weighted by Crippen LogP contribution is 2.33. The molecule has 1 aliphatic heterocycles. The highest BCUT2D eigenvalue weighted by Gasteiger charge is 2.28. The first-order chi connectivity index (χ1) is 14.2. The van der Waals surface area contributed by atoms with Gasteiger partial charge in [-0.25, -0.2) is 0 Å². The second kappa shape index (κ2) is 9.57. The third kappa shape index (κ3) is 5.07. The molecule has 1 unspecified atom stereocenters.